The van der Waals surface area contributed by atoms with E-state index in [0.717, 1.165) is 5.56 Å². The van der Waals surface area contributed by atoms with Crippen molar-refractivity contribution in [3.05, 3.63) is 23.8 Å². The summed E-state index contributed by atoms with van der Waals surface area (Å²) in [6.45, 7) is 0.639. The maximum Gasteiger partial charge on any atom is 1.00 e. The predicted molar refractivity (Wildman–Crippen MR) is 60.8 cm³/mol. The standard InChI is InChI=1S/C9H11NO2S2.Na/c11-7-2-1-6(5-8(7)12)3-4-10-9(13)14;/h1-2,5,11-12H,3-4H2,(H2,10,13,14);/q;+1/p-1. The normalized spacial score (nSPS) is 9.13. The van der Waals surface area contributed by atoms with Gasteiger partial charge in [-0.1, -0.05) is 30.1 Å². The molecule has 2 N–H and O–H groups in total. The first kappa shape index (κ1) is 15.1. The second kappa shape index (κ2) is 7.35. The Morgan fingerprint density at radius 2 is 2.20 bits per heavy atom. The summed E-state index contributed by atoms with van der Waals surface area (Å²) in [5.74, 6) is -0.567. The predicted octanol–water partition coefficient (Wildman–Crippen LogP) is -2.18. The summed E-state index contributed by atoms with van der Waals surface area (Å²) in [6, 6.07) is 4.50. The smallest absolute Gasteiger partial charge is 0.870 e. The Kier molecular flexibility index (Phi) is 7.38. The van der Waals surface area contributed by atoms with E-state index in [-0.39, 0.29) is 41.1 Å². The molecule has 0 heterocycles. The molecule has 0 atom stereocenters. The fourth-order valence-corrected chi connectivity index (χ4v) is 1.25. The van der Waals surface area contributed by atoms with Crippen molar-refractivity contribution in [3.8, 4) is 11.5 Å². The van der Waals surface area contributed by atoms with E-state index in [1.165, 1.54) is 12.1 Å². The number of hydrogen-bond donors (Lipinski definition) is 3. The SMILES string of the molecule is [Na+].[O-]c1ccc(CCNC(=S)S)cc1O. The van der Waals surface area contributed by atoms with E-state index < -0.39 is 0 Å². The molecule has 0 fully saturated rings. The molecule has 1 aromatic carbocycles. The van der Waals surface area contributed by atoms with Gasteiger partial charge in [0.25, 0.3) is 0 Å². The van der Waals surface area contributed by atoms with Gasteiger partial charge in [-0.15, -0.1) is 12.6 Å². The summed E-state index contributed by atoms with van der Waals surface area (Å²) in [7, 11) is 0. The molecular weight excluding hydrogens is 241 g/mol. The zero-order valence-electron chi connectivity index (χ0n) is 8.36. The second-order valence-electron chi connectivity index (χ2n) is 2.78. The Hall–Kier alpha value is 0.0600. The zero-order valence-corrected chi connectivity index (χ0v) is 12.1. The van der Waals surface area contributed by atoms with E-state index in [4.69, 9.17) is 17.3 Å². The number of nitrogens with one attached hydrogen (secondary N) is 1. The van der Waals surface area contributed by atoms with Crippen molar-refractivity contribution in [1.29, 1.82) is 0 Å². The molecule has 0 aliphatic rings. The Bertz CT molecular complexity index is 347. The van der Waals surface area contributed by atoms with E-state index in [0.29, 0.717) is 17.3 Å². The van der Waals surface area contributed by atoms with Gasteiger partial charge < -0.3 is 15.5 Å². The minimum absolute atomic E-state index is 0. The molecule has 0 unspecified atom stereocenters. The molecular formula is C9H10NNaO2S2. The number of phenolic OH excluding ortho intramolecular Hbond substituents is 1. The van der Waals surface area contributed by atoms with Gasteiger partial charge in [-0.2, -0.15) is 0 Å². The first-order chi connectivity index (χ1) is 6.59. The van der Waals surface area contributed by atoms with E-state index in [1.807, 2.05) is 0 Å². The number of thiol groups is 1. The molecule has 0 saturated carbocycles. The average molecular weight is 251 g/mol. The average Bonchev–Trinajstić information content (AvgIpc) is 2.10. The quantitative estimate of drug-likeness (QED) is 0.325. The van der Waals surface area contributed by atoms with Crippen LogP contribution in [0.3, 0.4) is 0 Å². The Morgan fingerprint density at radius 1 is 1.53 bits per heavy atom. The van der Waals surface area contributed by atoms with Crippen LogP contribution in [0.25, 0.3) is 0 Å². The van der Waals surface area contributed by atoms with Crippen molar-refractivity contribution in [2.45, 2.75) is 6.42 Å². The Balaban J connectivity index is 0.00000196. The number of benzene rings is 1. The molecule has 0 aliphatic carbocycles. The maximum atomic E-state index is 10.9. The summed E-state index contributed by atoms with van der Waals surface area (Å²) in [5.41, 5.74) is 0.888. The van der Waals surface area contributed by atoms with Crippen molar-refractivity contribution >= 4 is 29.2 Å². The van der Waals surface area contributed by atoms with Crippen molar-refractivity contribution in [2.75, 3.05) is 6.54 Å². The number of phenols is 1. The molecule has 0 radical (unpaired) electrons. The van der Waals surface area contributed by atoms with E-state index >= 15 is 0 Å². The van der Waals surface area contributed by atoms with Gasteiger partial charge in [0.1, 0.15) is 10.1 Å². The summed E-state index contributed by atoms with van der Waals surface area (Å²) in [6.07, 6.45) is 0.689. The van der Waals surface area contributed by atoms with Crippen LogP contribution in [0, 0.1) is 0 Å². The van der Waals surface area contributed by atoms with Gasteiger partial charge in [-0.3, -0.25) is 0 Å². The number of aromatic hydroxyl groups is 1. The number of hydrogen-bond acceptors (Lipinski definition) is 3. The minimum atomic E-state index is -0.355. The van der Waals surface area contributed by atoms with Crippen molar-refractivity contribution in [3.63, 3.8) is 0 Å². The van der Waals surface area contributed by atoms with Crippen molar-refractivity contribution in [1.82, 2.24) is 5.32 Å². The molecule has 6 heteroatoms. The van der Waals surface area contributed by atoms with Gasteiger partial charge in [-0.05, 0) is 18.1 Å². The van der Waals surface area contributed by atoms with Crippen molar-refractivity contribution < 1.29 is 39.8 Å². The van der Waals surface area contributed by atoms with Gasteiger partial charge in [0.2, 0.25) is 0 Å². The fraction of sp³-hybridized carbons (Fsp3) is 0.222. The van der Waals surface area contributed by atoms with Crippen LogP contribution < -0.4 is 40.0 Å². The van der Waals surface area contributed by atoms with Gasteiger partial charge in [0.15, 0.2) is 0 Å². The zero-order chi connectivity index (χ0) is 10.6. The van der Waals surface area contributed by atoms with Crippen LogP contribution in [0.1, 0.15) is 5.56 Å². The molecule has 1 aromatic rings. The summed E-state index contributed by atoms with van der Waals surface area (Å²) in [4.78, 5) is 0. The largest absolute Gasteiger partial charge is 1.00 e. The summed E-state index contributed by atoms with van der Waals surface area (Å²) >= 11 is 8.61. The van der Waals surface area contributed by atoms with Gasteiger partial charge >= 0.3 is 29.6 Å². The topological polar surface area (TPSA) is 55.3 Å². The molecule has 76 valence electrons. The van der Waals surface area contributed by atoms with Crippen LogP contribution in [0.5, 0.6) is 11.5 Å². The monoisotopic (exact) mass is 251 g/mol. The third-order valence-electron chi connectivity index (χ3n) is 1.71. The van der Waals surface area contributed by atoms with Crippen LogP contribution >= 0.6 is 24.8 Å². The van der Waals surface area contributed by atoms with Crippen molar-refractivity contribution in [2.24, 2.45) is 0 Å². The molecule has 0 aliphatic heterocycles. The summed E-state index contributed by atoms with van der Waals surface area (Å²) < 4.78 is 0.440. The second-order valence-corrected chi connectivity index (χ2v) is 3.94. The van der Waals surface area contributed by atoms with Crippen LogP contribution in [0.15, 0.2) is 18.2 Å². The third kappa shape index (κ3) is 5.63. The first-order valence-corrected chi connectivity index (χ1v) is 4.91. The first-order valence-electron chi connectivity index (χ1n) is 4.05. The molecule has 0 saturated heterocycles. The number of rotatable bonds is 3. The van der Waals surface area contributed by atoms with Crippen LogP contribution in [0.2, 0.25) is 0 Å². The van der Waals surface area contributed by atoms with E-state index in [1.54, 1.807) is 6.07 Å². The molecule has 15 heavy (non-hydrogen) atoms. The molecule has 0 amide bonds. The van der Waals surface area contributed by atoms with Crippen LogP contribution in [-0.2, 0) is 6.42 Å². The molecule has 1 rings (SSSR count). The fourth-order valence-electron chi connectivity index (χ4n) is 1.03. The minimum Gasteiger partial charge on any atom is -0.870 e. The Morgan fingerprint density at radius 3 is 2.73 bits per heavy atom. The molecule has 0 bridgehead atoms. The van der Waals surface area contributed by atoms with Gasteiger partial charge in [0.05, 0.1) is 0 Å². The maximum absolute atomic E-state index is 10.9. The summed E-state index contributed by atoms with van der Waals surface area (Å²) in [5, 5.41) is 22.9. The molecule has 0 aromatic heterocycles. The van der Waals surface area contributed by atoms with Gasteiger partial charge in [-0.25, -0.2) is 0 Å². The molecule has 3 nitrogen and oxygen atoms in total. The number of thiocarbonyl (C=S) groups is 1. The van der Waals surface area contributed by atoms with Crippen LogP contribution in [-0.4, -0.2) is 16.0 Å². The van der Waals surface area contributed by atoms with Gasteiger partial charge in [0, 0.05) is 6.54 Å². The third-order valence-corrected chi connectivity index (χ3v) is 2.02. The van der Waals surface area contributed by atoms with E-state index in [2.05, 4.69) is 17.9 Å². The molecule has 0 spiro atoms. The Labute approximate surface area is 122 Å². The van der Waals surface area contributed by atoms with Crippen LogP contribution in [0.4, 0.5) is 0 Å². The van der Waals surface area contributed by atoms with E-state index in [9.17, 15) is 5.11 Å².